The number of nitrogens with zero attached hydrogens (tertiary/aromatic N) is 2. The zero-order valence-corrected chi connectivity index (χ0v) is 14.8. The molecule has 0 aliphatic heterocycles. The first kappa shape index (κ1) is 17.5. The molecule has 0 bridgehead atoms. The summed E-state index contributed by atoms with van der Waals surface area (Å²) in [6, 6.07) is 3.43. The first-order valence-corrected chi connectivity index (χ1v) is 7.92. The minimum absolute atomic E-state index is 0.102. The molecule has 2 aromatic rings. The van der Waals surface area contributed by atoms with Gasteiger partial charge in [-0.1, -0.05) is 0 Å². The lowest BCUT2D eigenvalue weighted by molar-refractivity contribution is 0.355. The lowest BCUT2D eigenvalue weighted by atomic mass is 10.2. The third kappa shape index (κ3) is 3.92. The predicted molar refractivity (Wildman–Crippen MR) is 94.3 cm³/mol. The van der Waals surface area contributed by atoms with Crippen molar-refractivity contribution in [1.82, 2.24) is 14.5 Å². The number of methoxy groups -OCH3 is 2. The van der Waals surface area contributed by atoms with Crippen LogP contribution in [-0.2, 0) is 6.54 Å². The third-order valence-electron chi connectivity index (χ3n) is 3.72. The van der Waals surface area contributed by atoms with Crippen LogP contribution in [0.25, 0.3) is 10.9 Å². The number of aromatic amines is 1. The van der Waals surface area contributed by atoms with Crippen LogP contribution in [0.3, 0.4) is 0 Å². The molecule has 0 aliphatic carbocycles. The van der Waals surface area contributed by atoms with E-state index in [1.54, 1.807) is 30.9 Å². The van der Waals surface area contributed by atoms with E-state index < -0.39 is 0 Å². The number of rotatable bonds is 7. The van der Waals surface area contributed by atoms with Crippen LogP contribution in [0.2, 0.25) is 0 Å². The summed E-state index contributed by atoms with van der Waals surface area (Å²) in [5.74, 6) is 1.09. The second kappa shape index (κ2) is 7.61. The van der Waals surface area contributed by atoms with Crippen molar-refractivity contribution in [3.05, 3.63) is 27.3 Å². The minimum atomic E-state index is -0.102. The zero-order chi connectivity index (χ0) is 17.0. The Bertz CT molecular complexity index is 795. The van der Waals surface area contributed by atoms with Crippen molar-refractivity contribution < 1.29 is 9.47 Å². The van der Waals surface area contributed by atoms with Crippen LogP contribution in [0.5, 0.6) is 11.5 Å². The van der Waals surface area contributed by atoms with Gasteiger partial charge in [0.1, 0.15) is 0 Å². The van der Waals surface area contributed by atoms with E-state index in [0.29, 0.717) is 33.7 Å². The SMILES string of the molecule is COc1cc2[nH]c(=S)n(CCCCN(C)C)c(=O)c2cc1OC. The molecule has 7 heteroatoms. The van der Waals surface area contributed by atoms with Crippen molar-refractivity contribution in [2.75, 3.05) is 34.9 Å². The predicted octanol–water partition coefficient (Wildman–Crippen LogP) is 2.42. The highest BCUT2D eigenvalue weighted by atomic mass is 32.1. The van der Waals surface area contributed by atoms with Gasteiger partial charge < -0.3 is 19.4 Å². The van der Waals surface area contributed by atoms with E-state index >= 15 is 0 Å². The van der Waals surface area contributed by atoms with E-state index in [0.717, 1.165) is 19.4 Å². The Kier molecular flexibility index (Phi) is 5.79. The average Bonchev–Trinajstić information content (AvgIpc) is 2.52. The summed E-state index contributed by atoms with van der Waals surface area (Å²) in [4.78, 5) is 17.9. The summed E-state index contributed by atoms with van der Waals surface area (Å²) in [5.41, 5.74) is 0.553. The fourth-order valence-corrected chi connectivity index (χ4v) is 2.76. The lowest BCUT2D eigenvalue weighted by Gasteiger charge is -2.12. The fraction of sp³-hybridized carbons (Fsp3) is 0.500. The summed E-state index contributed by atoms with van der Waals surface area (Å²) in [5, 5.41) is 0.545. The van der Waals surface area contributed by atoms with Gasteiger partial charge in [0.15, 0.2) is 16.3 Å². The molecule has 6 nitrogen and oxygen atoms in total. The van der Waals surface area contributed by atoms with Crippen molar-refractivity contribution in [3.63, 3.8) is 0 Å². The molecule has 0 amide bonds. The van der Waals surface area contributed by atoms with Crippen LogP contribution in [0.1, 0.15) is 12.8 Å². The van der Waals surface area contributed by atoms with Crippen molar-refractivity contribution in [2.24, 2.45) is 0 Å². The van der Waals surface area contributed by atoms with Crippen LogP contribution in [-0.4, -0.2) is 49.3 Å². The molecule has 0 atom stereocenters. The molecule has 0 unspecified atom stereocenters. The topological polar surface area (TPSA) is 59.5 Å². The van der Waals surface area contributed by atoms with Gasteiger partial charge in [0.05, 0.1) is 25.1 Å². The number of nitrogens with one attached hydrogen (secondary N) is 1. The van der Waals surface area contributed by atoms with Crippen LogP contribution in [0.15, 0.2) is 16.9 Å². The maximum atomic E-state index is 12.7. The minimum Gasteiger partial charge on any atom is -0.493 e. The number of benzene rings is 1. The number of H-pyrrole nitrogens is 1. The molecule has 2 rings (SSSR count). The van der Waals surface area contributed by atoms with E-state index in [9.17, 15) is 4.79 Å². The molecule has 23 heavy (non-hydrogen) atoms. The summed E-state index contributed by atoms with van der Waals surface area (Å²) < 4.78 is 12.6. The van der Waals surface area contributed by atoms with E-state index in [1.165, 1.54) is 0 Å². The second-order valence-corrected chi connectivity index (χ2v) is 6.04. The van der Waals surface area contributed by atoms with Gasteiger partial charge in [-0.3, -0.25) is 9.36 Å². The number of hydrogen-bond acceptors (Lipinski definition) is 5. The quantitative estimate of drug-likeness (QED) is 0.621. The molecular formula is C16H23N3O3S. The molecule has 1 N–H and O–H groups in total. The molecular weight excluding hydrogens is 314 g/mol. The Morgan fingerprint density at radius 3 is 2.43 bits per heavy atom. The maximum absolute atomic E-state index is 12.7. The maximum Gasteiger partial charge on any atom is 0.262 e. The molecule has 0 aliphatic rings. The van der Waals surface area contributed by atoms with E-state index in [4.69, 9.17) is 21.7 Å². The first-order valence-electron chi connectivity index (χ1n) is 7.51. The lowest BCUT2D eigenvalue weighted by Crippen LogP contribution is -2.23. The molecule has 0 spiro atoms. The van der Waals surface area contributed by atoms with Crippen LogP contribution < -0.4 is 15.0 Å². The summed E-state index contributed by atoms with van der Waals surface area (Å²) >= 11 is 5.33. The smallest absolute Gasteiger partial charge is 0.262 e. The zero-order valence-electron chi connectivity index (χ0n) is 14.0. The molecule has 0 radical (unpaired) electrons. The van der Waals surface area contributed by atoms with Crippen LogP contribution in [0.4, 0.5) is 0 Å². The highest BCUT2D eigenvalue weighted by Gasteiger charge is 2.11. The molecule has 0 fully saturated rings. The molecule has 126 valence electrons. The van der Waals surface area contributed by atoms with Gasteiger partial charge in [0.2, 0.25) is 0 Å². The van der Waals surface area contributed by atoms with Gasteiger partial charge in [-0.2, -0.15) is 0 Å². The van der Waals surface area contributed by atoms with Gasteiger partial charge in [-0.05, 0) is 51.8 Å². The number of unbranched alkanes of at least 4 members (excludes halogenated alkanes) is 1. The van der Waals surface area contributed by atoms with Gasteiger partial charge in [-0.15, -0.1) is 0 Å². The van der Waals surface area contributed by atoms with Crippen molar-refractivity contribution in [1.29, 1.82) is 0 Å². The van der Waals surface area contributed by atoms with E-state index in [1.807, 2.05) is 14.1 Å². The van der Waals surface area contributed by atoms with Crippen LogP contribution >= 0.6 is 12.2 Å². The van der Waals surface area contributed by atoms with E-state index in [2.05, 4.69) is 9.88 Å². The monoisotopic (exact) mass is 337 g/mol. The number of ether oxygens (including phenoxy) is 2. The number of hydrogen-bond donors (Lipinski definition) is 1. The third-order valence-corrected chi connectivity index (χ3v) is 4.05. The van der Waals surface area contributed by atoms with Gasteiger partial charge >= 0.3 is 0 Å². The fourth-order valence-electron chi connectivity index (χ4n) is 2.48. The van der Waals surface area contributed by atoms with Crippen LogP contribution in [0, 0.1) is 4.77 Å². The highest BCUT2D eigenvalue weighted by molar-refractivity contribution is 7.71. The molecule has 1 aromatic heterocycles. The van der Waals surface area contributed by atoms with Crippen molar-refractivity contribution in [3.8, 4) is 11.5 Å². The summed E-state index contributed by atoms with van der Waals surface area (Å²) in [6.07, 6.45) is 1.91. The van der Waals surface area contributed by atoms with Crippen molar-refractivity contribution in [2.45, 2.75) is 19.4 Å². The van der Waals surface area contributed by atoms with Gasteiger partial charge in [0.25, 0.3) is 5.56 Å². The molecule has 0 saturated heterocycles. The first-order chi connectivity index (χ1) is 11.0. The summed E-state index contributed by atoms with van der Waals surface area (Å²) in [7, 11) is 7.18. The number of fused-ring (bicyclic) bond motifs is 1. The largest absolute Gasteiger partial charge is 0.493 e. The Morgan fingerprint density at radius 1 is 1.17 bits per heavy atom. The second-order valence-electron chi connectivity index (χ2n) is 5.65. The highest BCUT2D eigenvalue weighted by Crippen LogP contribution is 2.29. The van der Waals surface area contributed by atoms with Crippen molar-refractivity contribution >= 4 is 23.1 Å². The Balaban J connectivity index is 2.39. The molecule has 0 saturated carbocycles. The Hall–Kier alpha value is -1.86. The average molecular weight is 337 g/mol. The molecule has 1 heterocycles. The molecule has 1 aromatic carbocycles. The number of aromatic nitrogens is 2. The van der Waals surface area contributed by atoms with E-state index in [-0.39, 0.29) is 5.56 Å². The summed E-state index contributed by atoms with van der Waals surface area (Å²) in [6.45, 7) is 1.59. The normalized spacial score (nSPS) is 11.2. The van der Waals surface area contributed by atoms with Gasteiger partial charge in [0, 0.05) is 12.6 Å². The Labute approximate surface area is 140 Å². The standard InChI is InChI=1S/C16H23N3O3S/c1-18(2)7-5-6-8-19-15(20)11-9-13(21-3)14(22-4)10-12(11)17-16(19)23/h9-10H,5-8H2,1-4H3,(H,17,23). The van der Waals surface area contributed by atoms with Gasteiger partial charge in [-0.25, -0.2) is 0 Å². The Morgan fingerprint density at radius 2 is 1.83 bits per heavy atom.